The van der Waals surface area contributed by atoms with Crippen LogP contribution in [0.3, 0.4) is 0 Å². The van der Waals surface area contributed by atoms with Crippen LogP contribution < -0.4 is 43.7 Å². The lowest BCUT2D eigenvalue weighted by atomic mass is 10.00. The molecule has 0 saturated carbocycles. The fraction of sp³-hybridized carbons (Fsp3) is 0.232. The Labute approximate surface area is 815 Å². The summed E-state index contributed by atoms with van der Waals surface area (Å²) in [5.41, 5.74) is 11.0. The lowest BCUT2D eigenvalue weighted by molar-refractivity contribution is 0.0976. The van der Waals surface area contributed by atoms with Gasteiger partial charge in [-0.15, -0.1) is 32.9 Å². The van der Waals surface area contributed by atoms with Gasteiger partial charge in [0.15, 0.2) is 40.2 Å². The number of aryl methyl sites for hydroxylation is 10. The second kappa shape index (κ2) is 43.9. The minimum Gasteiger partial charge on any atom is -0.488 e. The number of ether oxygens (including phenoxy) is 2. The van der Waals surface area contributed by atoms with Crippen LogP contribution in [-0.4, -0.2) is 171 Å². The number of aliphatic hydroxyl groups excluding tert-OH is 3. The summed E-state index contributed by atoms with van der Waals surface area (Å²) in [5.74, 6) is -1.94. The molecule has 5 aromatic carbocycles. The van der Waals surface area contributed by atoms with Gasteiger partial charge < -0.3 is 58.3 Å². The average Bonchev–Trinajstić information content (AvgIpc) is 1.61. The van der Waals surface area contributed by atoms with Gasteiger partial charge in [-0.25, -0.2) is 65.7 Å². The number of Topliss-reactive ketones (excluding diaryl/α,β-unsaturated/α-hetero) is 3. The lowest BCUT2D eigenvalue weighted by Crippen LogP contribution is -2.40. The van der Waals surface area contributed by atoms with E-state index in [4.69, 9.17) is 20.0 Å². The van der Waals surface area contributed by atoms with Crippen molar-refractivity contribution in [3.63, 3.8) is 0 Å². The molecular formula is C99H99N17O20S5. The highest BCUT2D eigenvalue weighted by molar-refractivity contribution is 7.90. The quantitative estimate of drug-likeness (QED) is 0.0237. The van der Waals surface area contributed by atoms with Crippen LogP contribution >= 0.6 is 0 Å². The van der Waals surface area contributed by atoms with E-state index in [1.807, 2.05) is 20.8 Å². The fourth-order valence-corrected chi connectivity index (χ4v) is 22.6. The van der Waals surface area contributed by atoms with Crippen molar-refractivity contribution in [2.24, 2.45) is 35.2 Å². The molecule has 0 spiro atoms. The second-order valence-electron chi connectivity index (χ2n) is 33.2. The average molecular weight is 2010 g/mol. The molecule has 730 valence electrons. The fourth-order valence-electron chi connectivity index (χ4n) is 15.5. The van der Waals surface area contributed by atoms with Crippen LogP contribution in [0.2, 0.25) is 0 Å². The highest BCUT2D eigenvalue weighted by atomic mass is 32.2. The van der Waals surface area contributed by atoms with Gasteiger partial charge in [-0.3, -0.25) is 24.0 Å². The summed E-state index contributed by atoms with van der Waals surface area (Å²) in [6.45, 7) is 26.7. The molecule has 42 heteroatoms. The number of nitrogens with zero attached hydrogens (tertiary/aromatic N) is 10. The summed E-state index contributed by atoms with van der Waals surface area (Å²) in [6, 6.07) is 32.1. The predicted octanol–water partition coefficient (Wildman–Crippen LogP) is 8.92. The predicted molar refractivity (Wildman–Crippen MR) is 524 cm³/mol. The molecule has 5 aromatic heterocycles. The van der Waals surface area contributed by atoms with Gasteiger partial charge in [-0.2, -0.15) is 26.3 Å². The normalized spacial score (nSPS) is 18.1. The number of aromatic nitrogens is 5. The van der Waals surface area contributed by atoms with Crippen LogP contribution in [-0.2, 0) is 105 Å². The van der Waals surface area contributed by atoms with Crippen LogP contribution in [0.25, 0.3) is 18.2 Å². The Morgan fingerprint density at radius 3 is 0.879 bits per heavy atom. The summed E-state index contributed by atoms with van der Waals surface area (Å²) in [7, 11) is -11.6. The van der Waals surface area contributed by atoms with Crippen LogP contribution in [0.15, 0.2) is 228 Å². The monoisotopic (exact) mass is 2010 g/mol. The molecule has 15 rings (SSSR count). The number of ketones is 3. The Kier molecular flexibility index (Phi) is 33.1. The number of carbonyl (C=O) groups is 5. The van der Waals surface area contributed by atoms with Crippen molar-refractivity contribution >= 4 is 109 Å². The van der Waals surface area contributed by atoms with E-state index in [9.17, 15) is 97.2 Å². The zero-order chi connectivity index (χ0) is 104. The molecule has 0 fully saturated rings. The van der Waals surface area contributed by atoms with Gasteiger partial charge in [0, 0.05) is 114 Å². The summed E-state index contributed by atoms with van der Waals surface area (Å²) in [6.07, 6.45) is 19.3. The number of amides is 2. The first-order chi connectivity index (χ1) is 66.5. The molecule has 0 bridgehead atoms. The summed E-state index contributed by atoms with van der Waals surface area (Å²) in [5, 5.41) is 81.1. The van der Waals surface area contributed by atoms with Gasteiger partial charge in [0.25, 0.3) is 11.8 Å². The van der Waals surface area contributed by atoms with Crippen LogP contribution in [0.1, 0.15) is 141 Å². The van der Waals surface area contributed by atoms with E-state index in [1.165, 1.54) is 121 Å². The smallest absolute Gasteiger partial charge is 0.276 e. The first-order valence-corrected chi connectivity index (χ1v) is 50.3. The highest BCUT2D eigenvalue weighted by Crippen LogP contribution is 2.38. The Morgan fingerprint density at radius 2 is 0.624 bits per heavy atom. The third-order valence-corrected chi connectivity index (χ3v) is 30.6. The van der Waals surface area contributed by atoms with Gasteiger partial charge in [0.05, 0.1) is 124 Å². The Balaban J connectivity index is 0.000000169. The number of rotatable bonds is 21. The minimum absolute atomic E-state index is 0.0144. The van der Waals surface area contributed by atoms with Crippen molar-refractivity contribution < 1.29 is 90.9 Å². The zero-order valence-electron chi connectivity index (χ0n) is 77.9. The number of hydrogen-bond acceptors (Lipinski definition) is 25. The SMILES string of the molecule is C=CC(O)C1C=Cc2c(cn(C)c2C(=O)Cc2ccc(C)c(C#N)c2)S(=O)(=O)N1.C=CC(O)[C@@H]1C=Cc2c(cn(C)c2C(=O)Cc2ccc(C)c(C#N)c2)S(=O)(=O)N1.C=CC(O)[C@H]1C=Cc2c(cn(C)c2C(=O)Cc2ccc(C)c(C#N)c2)S(=O)(=O)N1.C=CC1COc2c(cn(C)c2C(=O)Nc2ccc(C)c(C#N)c2)S(=O)(=O)N1.C=C[C@@H]1COc2c(cn(C)c2C(=O)Nc2ccc(C)c(C#N)c2)S(=O)(=O)N1. The molecule has 5 unspecified atom stereocenters. The van der Waals surface area contributed by atoms with E-state index >= 15 is 0 Å². The van der Waals surface area contributed by atoms with E-state index in [0.29, 0.717) is 55.9 Å². The maximum atomic E-state index is 13.0. The van der Waals surface area contributed by atoms with Crippen molar-refractivity contribution in [2.45, 2.75) is 127 Å². The standard InChI is InChI=1S/3C21H21N3O4S.2C18H18N4O4S/c3*1-4-18(25)17-8-7-16-20(29(27,28)23-17)12-24(3)21(16)19(26)10-14-6-5-13(2)15(9-14)11-22;2*1-4-13-10-26-17-15(27(24,25)21-13)9-22(3)16(17)18(23)20-14-6-5-11(2)12(7-14)8-19/h3*4-9,12,17-18,23,25H,1,10H2,2-3H3;2*4-7,9,13,21H,1,10H2,2-3H3,(H,20,23)/t2*17-,18?;;13-;/m10.1./s1. The van der Waals surface area contributed by atoms with E-state index in [2.05, 4.69) is 97.5 Å². The molecule has 0 saturated heterocycles. The molecule has 5 aliphatic heterocycles. The van der Waals surface area contributed by atoms with Crippen molar-refractivity contribution in [1.82, 2.24) is 46.4 Å². The van der Waals surface area contributed by atoms with Crippen LogP contribution in [0.4, 0.5) is 11.4 Å². The number of benzene rings is 5. The third-order valence-electron chi connectivity index (χ3n) is 23.1. The summed E-state index contributed by atoms with van der Waals surface area (Å²) in [4.78, 5) is 64.4. The van der Waals surface area contributed by atoms with Crippen molar-refractivity contribution in [3.05, 3.63) is 321 Å². The molecule has 37 nitrogen and oxygen atoms in total. The van der Waals surface area contributed by atoms with Crippen molar-refractivity contribution in [3.8, 4) is 41.8 Å². The zero-order valence-corrected chi connectivity index (χ0v) is 82.0. The molecule has 10 N–H and O–H groups in total. The van der Waals surface area contributed by atoms with Gasteiger partial charge in [0.2, 0.25) is 50.1 Å². The van der Waals surface area contributed by atoms with E-state index in [0.717, 1.165) is 27.8 Å². The van der Waals surface area contributed by atoms with Crippen molar-refractivity contribution in [1.29, 1.82) is 26.3 Å². The maximum Gasteiger partial charge on any atom is 0.276 e. The minimum atomic E-state index is -3.94. The maximum absolute atomic E-state index is 13.0. The van der Waals surface area contributed by atoms with Gasteiger partial charge in [0.1, 0.15) is 37.7 Å². The number of hydrogen-bond donors (Lipinski definition) is 10. The molecule has 0 radical (unpaired) electrons. The molecular weight excluding hydrogens is 1910 g/mol. The van der Waals surface area contributed by atoms with Crippen LogP contribution in [0, 0.1) is 91.3 Å². The van der Waals surface area contributed by atoms with Crippen LogP contribution in [0.5, 0.6) is 11.5 Å². The Hall–Kier alpha value is -15.2. The first kappa shape index (κ1) is 106. The van der Waals surface area contributed by atoms with Gasteiger partial charge >= 0.3 is 0 Å². The van der Waals surface area contributed by atoms with E-state index in [-0.39, 0.29) is 131 Å². The number of anilines is 2. The highest BCUT2D eigenvalue weighted by Gasteiger charge is 2.40. The largest absolute Gasteiger partial charge is 0.488 e. The van der Waals surface area contributed by atoms with Crippen molar-refractivity contribution in [2.75, 3.05) is 23.8 Å². The second-order valence-corrected chi connectivity index (χ2v) is 41.6. The number of nitrogens with one attached hydrogen (secondary N) is 7. The number of carbonyl (C=O) groups excluding carboxylic acids is 5. The summed E-state index contributed by atoms with van der Waals surface area (Å²) < 4.78 is 157. The topological polar surface area (TPSA) is 563 Å². The molecule has 5 aliphatic rings. The number of sulfonamides is 5. The molecule has 2 amide bonds. The molecule has 8 atom stereocenters. The van der Waals surface area contributed by atoms with E-state index < -0.39 is 110 Å². The molecule has 0 aliphatic carbocycles. The number of fused-ring (bicyclic) bond motifs is 5. The Morgan fingerprint density at radius 1 is 0.383 bits per heavy atom. The third kappa shape index (κ3) is 23.7. The molecule has 141 heavy (non-hydrogen) atoms. The molecule has 10 aromatic rings. The van der Waals surface area contributed by atoms with Gasteiger partial charge in [-0.05, 0) is 122 Å². The number of nitriles is 5. The van der Waals surface area contributed by atoms with E-state index in [1.54, 1.807) is 140 Å². The number of aliphatic hydroxyl groups is 3. The van der Waals surface area contributed by atoms with Gasteiger partial charge in [-0.1, -0.05) is 115 Å². The lowest BCUT2D eigenvalue weighted by Gasteiger charge is -2.16. The molecule has 10 heterocycles. The summed E-state index contributed by atoms with van der Waals surface area (Å²) >= 11 is 0. The first-order valence-electron chi connectivity index (χ1n) is 42.8. The Bertz CT molecular complexity index is 7150.